The Morgan fingerprint density at radius 1 is 1.31 bits per heavy atom. The Hall–Kier alpha value is 0.104. The van der Waals surface area contributed by atoms with E-state index < -0.39 is 10.0 Å². The maximum absolute atomic E-state index is 11.2. The van der Waals surface area contributed by atoms with E-state index in [0.717, 1.165) is 5.56 Å². The van der Waals surface area contributed by atoms with Gasteiger partial charge in [0.05, 0.1) is 4.90 Å². The van der Waals surface area contributed by atoms with Crippen molar-refractivity contribution in [2.45, 2.75) is 4.90 Å². The van der Waals surface area contributed by atoms with E-state index in [1.165, 1.54) is 19.2 Å². The van der Waals surface area contributed by atoms with Crippen LogP contribution in [0.2, 0.25) is 0 Å². The number of nitrogens with one attached hydrogen (secondary N) is 1. The first-order valence-corrected chi connectivity index (χ1v) is 4.90. The summed E-state index contributed by atoms with van der Waals surface area (Å²) in [5.41, 5.74) is 0.796. The van der Waals surface area contributed by atoms with Crippen LogP contribution in [-0.2, 0) is 42.7 Å². The predicted molar refractivity (Wildman–Crippen MR) is 49.3 cm³/mol. The molecule has 0 heterocycles. The van der Waals surface area contributed by atoms with Gasteiger partial charge in [-0.2, -0.15) is 24.6 Å². The standard InChI is InChI=1S/C8H10NO2S.Y.H2/c1-7-3-5-8(6-4-7)12(10,11)9-2;;/h3-6,9H,1H2,2H3;;1H/q-1;;. The normalized spacial score (nSPS) is 10.5. The third kappa shape index (κ3) is 3.39. The van der Waals surface area contributed by atoms with Gasteiger partial charge in [0, 0.05) is 34.1 Å². The summed E-state index contributed by atoms with van der Waals surface area (Å²) in [7, 11) is -1.91. The minimum absolute atomic E-state index is 0. The van der Waals surface area contributed by atoms with Crippen LogP contribution in [0, 0.1) is 6.92 Å². The van der Waals surface area contributed by atoms with Crippen molar-refractivity contribution in [2.75, 3.05) is 7.05 Å². The van der Waals surface area contributed by atoms with Gasteiger partial charge in [0.25, 0.3) is 0 Å². The fourth-order valence-corrected chi connectivity index (χ4v) is 1.52. The van der Waals surface area contributed by atoms with Crippen LogP contribution in [0.15, 0.2) is 29.2 Å². The number of hydrogen-bond donors (Lipinski definition) is 1. The second-order valence-electron chi connectivity index (χ2n) is 2.35. The zero-order valence-corrected chi connectivity index (χ0v) is 11.0. The molecule has 13 heavy (non-hydrogen) atoms. The van der Waals surface area contributed by atoms with Crippen molar-refractivity contribution in [3.05, 3.63) is 36.8 Å². The molecule has 0 fully saturated rings. The van der Waals surface area contributed by atoms with Crippen molar-refractivity contribution in [3.63, 3.8) is 0 Å². The van der Waals surface area contributed by atoms with Gasteiger partial charge < -0.3 is 0 Å². The van der Waals surface area contributed by atoms with E-state index in [4.69, 9.17) is 0 Å². The molecule has 1 radical (unpaired) electrons. The average Bonchev–Trinajstić information content (AvgIpc) is 2.05. The molecule has 0 saturated carbocycles. The summed E-state index contributed by atoms with van der Waals surface area (Å²) in [6, 6.07) is 6.36. The van der Waals surface area contributed by atoms with E-state index in [1.807, 2.05) is 0 Å². The van der Waals surface area contributed by atoms with Crippen LogP contribution in [0.5, 0.6) is 0 Å². The molecule has 0 atom stereocenters. The van der Waals surface area contributed by atoms with Gasteiger partial charge in [0.2, 0.25) is 10.0 Å². The molecule has 0 bridgehead atoms. The summed E-state index contributed by atoms with van der Waals surface area (Å²) in [6.07, 6.45) is 0. The zero-order valence-electron chi connectivity index (χ0n) is 7.32. The Balaban J connectivity index is 0. The van der Waals surface area contributed by atoms with Crippen molar-refractivity contribution in [3.8, 4) is 0 Å². The van der Waals surface area contributed by atoms with Gasteiger partial charge in [0.15, 0.2) is 0 Å². The van der Waals surface area contributed by atoms with E-state index in [1.54, 1.807) is 12.1 Å². The first kappa shape index (κ1) is 13.1. The summed E-state index contributed by atoms with van der Waals surface area (Å²) in [6.45, 7) is 3.65. The molecule has 0 aliphatic carbocycles. The molecule has 0 aliphatic rings. The average molecular weight is 275 g/mol. The monoisotopic (exact) mass is 275 g/mol. The summed E-state index contributed by atoms with van der Waals surface area (Å²) in [4.78, 5) is 0.261. The molecular formula is C8H12NO2SY-. The zero-order chi connectivity index (χ0) is 9.19. The summed E-state index contributed by atoms with van der Waals surface area (Å²) < 4.78 is 24.6. The molecule has 1 rings (SSSR count). The van der Waals surface area contributed by atoms with Gasteiger partial charge in [-0.15, -0.1) is 0 Å². The van der Waals surface area contributed by atoms with Crippen molar-refractivity contribution in [2.24, 2.45) is 0 Å². The minimum atomic E-state index is -3.29. The Labute approximate surface area is 105 Å². The third-order valence-corrected chi connectivity index (χ3v) is 2.93. The second-order valence-corrected chi connectivity index (χ2v) is 4.24. The third-order valence-electron chi connectivity index (χ3n) is 1.50. The van der Waals surface area contributed by atoms with E-state index in [-0.39, 0.29) is 39.0 Å². The molecule has 0 saturated heterocycles. The number of benzene rings is 1. The van der Waals surface area contributed by atoms with Crippen molar-refractivity contribution >= 4 is 10.0 Å². The molecule has 5 heteroatoms. The second kappa shape index (κ2) is 5.10. The van der Waals surface area contributed by atoms with Crippen LogP contribution < -0.4 is 4.72 Å². The van der Waals surface area contributed by atoms with Gasteiger partial charge in [-0.05, 0) is 7.05 Å². The molecule has 0 unspecified atom stereocenters. The molecule has 1 aromatic rings. The maximum atomic E-state index is 11.2. The topological polar surface area (TPSA) is 46.2 Å². The van der Waals surface area contributed by atoms with Crippen molar-refractivity contribution in [1.82, 2.24) is 4.72 Å². The quantitative estimate of drug-likeness (QED) is 0.819. The molecule has 0 amide bonds. The van der Waals surface area contributed by atoms with Crippen molar-refractivity contribution < 1.29 is 42.6 Å². The number of rotatable bonds is 2. The van der Waals surface area contributed by atoms with Crippen LogP contribution in [0.25, 0.3) is 0 Å². The molecule has 0 aromatic heterocycles. The number of sulfonamides is 1. The predicted octanol–water partition coefficient (Wildman–Crippen LogP) is 1.02. The molecule has 3 nitrogen and oxygen atoms in total. The van der Waals surface area contributed by atoms with Crippen LogP contribution in [0.4, 0.5) is 0 Å². The Morgan fingerprint density at radius 2 is 1.77 bits per heavy atom. The van der Waals surface area contributed by atoms with Crippen molar-refractivity contribution in [1.29, 1.82) is 0 Å². The summed E-state index contributed by atoms with van der Waals surface area (Å²) >= 11 is 0. The largest absolute Gasteiger partial charge is 0.238 e. The first-order valence-electron chi connectivity index (χ1n) is 3.42. The van der Waals surface area contributed by atoms with E-state index >= 15 is 0 Å². The SMILES string of the molecule is [CH2-]c1ccc(S(=O)(=O)NC)cc1.[HH].[Y]. The Morgan fingerprint density at radius 3 is 2.15 bits per heavy atom. The Bertz CT molecular complexity index is 363. The minimum Gasteiger partial charge on any atom is -0.214 e. The van der Waals surface area contributed by atoms with Crippen LogP contribution in [0.1, 0.15) is 6.99 Å². The van der Waals surface area contributed by atoms with Gasteiger partial charge in [-0.25, -0.2) is 13.1 Å². The molecule has 1 N–H and O–H groups in total. The van der Waals surface area contributed by atoms with Gasteiger partial charge in [0.1, 0.15) is 0 Å². The molecular weight excluding hydrogens is 263 g/mol. The molecule has 0 aliphatic heterocycles. The first-order chi connectivity index (χ1) is 5.56. The molecule has 71 valence electrons. The van der Waals surface area contributed by atoms with Crippen LogP contribution in [-0.4, -0.2) is 15.5 Å². The Kier molecular flexibility index (Phi) is 5.14. The van der Waals surface area contributed by atoms with Gasteiger partial charge >= 0.3 is 0 Å². The fraction of sp³-hybridized carbons (Fsp3) is 0.125. The van der Waals surface area contributed by atoms with Gasteiger partial charge in [-0.3, -0.25) is 0 Å². The van der Waals surface area contributed by atoms with E-state index in [0.29, 0.717) is 0 Å². The fourth-order valence-electron chi connectivity index (χ4n) is 0.786. The van der Waals surface area contributed by atoms with Crippen LogP contribution in [0.3, 0.4) is 0 Å². The van der Waals surface area contributed by atoms with E-state index in [2.05, 4.69) is 11.6 Å². The van der Waals surface area contributed by atoms with E-state index in [9.17, 15) is 8.42 Å². The maximum Gasteiger partial charge on any atom is 0.238 e. The number of hydrogen-bond acceptors (Lipinski definition) is 2. The molecule has 0 spiro atoms. The summed E-state index contributed by atoms with van der Waals surface area (Å²) in [5, 5.41) is 0. The molecule has 1 aromatic carbocycles. The summed E-state index contributed by atoms with van der Waals surface area (Å²) in [5.74, 6) is 0. The smallest absolute Gasteiger partial charge is 0.214 e. The van der Waals surface area contributed by atoms with Crippen LogP contribution >= 0.6 is 0 Å². The van der Waals surface area contributed by atoms with Gasteiger partial charge in [-0.1, -0.05) is 12.1 Å².